The molecular formula is C13H16BrClN2O3. The minimum atomic E-state index is -0.437. The van der Waals surface area contributed by atoms with Crippen LogP contribution in [0.1, 0.15) is 30.6 Å². The molecule has 0 unspecified atom stereocenters. The second-order valence-corrected chi connectivity index (χ2v) is 5.30. The monoisotopic (exact) mass is 362 g/mol. The first kappa shape index (κ1) is 16.9. The molecule has 0 N–H and O–H groups in total. The number of hydrogen-bond donors (Lipinski definition) is 0. The molecule has 0 aliphatic carbocycles. The summed E-state index contributed by atoms with van der Waals surface area (Å²) in [5.74, 6) is -0.771. The number of nitrogens with zero attached hydrogens (tertiary/aromatic N) is 2. The zero-order valence-corrected chi connectivity index (χ0v) is 13.7. The van der Waals surface area contributed by atoms with Crippen molar-refractivity contribution in [2.24, 2.45) is 0 Å². The van der Waals surface area contributed by atoms with Crippen molar-refractivity contribution in [1.29, 1.82) is 0 Å². The third kappa shape index (κ3) is 4.76. The van der Waals surface area contributed by atoms with E-state index < -0.39 is 5.97 Å². The predicted octanol–water partition coefficient (Wildman–Crippen LogP) is 2.91. The minimum Gasteiger partial charge on any atom is -0.465 e. The van der Waals surface area contributed by atoms with Gasteiger partial charge in [-0.05, 0) is 35.3 Å². The SMILES string of the molecule is CCCN(CC(=O)OCC)C(=O)c1cc(Br)cnc1Cl. The number of ether oxygens (including phenoxy) is 1. The van der Waals surface area contributed by atoms with Gasteiger partial charge in [-0.15, -0.1) is 0 Å². The maximum absolute atomic E-state index is 12.4. The summed E-state index contributed by atoms with van der Waals surface area (Å²) >= 11 is 9.18. The number of carbonyl (C=O) groups is 2. The summed E-state index contributed by atoms with van der Waals surface area (Å²) in [6, 6.07) is 1.59. The van der Waals surface area contributed by atoms with E-state index in [1.54, 1.807) is 13.0 Å². The lowest BCUT2D eigenvalue weighted by Crippen LogP contribution is -2.37. The van der Waals surface area contributed by atoms with Crippen molar-refractivity contribution in [3.63, 3.8) is 0 Å². The van der Waals surface area contributed by atoms with Gasteiger partial charge >= 0.3 is 5.97 Å². The molecule has 1 heterocycles. The highest BCUT2D eigenvalue weighted by Crippen LogP contribution is 2.20. The van der Waals surface area contributed by atoms with Crippen LogP contribution >= 0.6 is 27.5 Å². The van der Waals surface area contributed by atoms with Crippen molar-refractivity contribution < 1.29 is 14.3 Å². The molecule has 0 fully saturated rings. The summed E-state index contributed by atoms with van der Waals surface area (Å²) in [5.41, 5.74) is 0.263. The highest BCUT2D eigenvalue weighted by molar-refractivity contribution is 9.10. The van der Waals surface area contributed by atoms with Crippen LogP contribution in [-0.4, -0.2) is 41.5 Å². The smallest absolute Gasteiger partial charge is 0.325 e. The molecule has 110 valence electrons. The fourth-order valence-corrected chi connectivity index (χ4v) is 2.14. The Bertz CT molecular complexity index is 497. The van der Waals surface area contributed by atoms with E-state index in [9.17, 15) is 9.59 Å². The van der Waals surface area contributed by atoms with Crippen molar-refractivity contribution in [3.05, 3.63) is 27.5 Å². The molecule has 0 spiro atoms. The average Bonchev–Trinajstić information content (AvgIpc) is 2.40. The van der Waals surface area contributed by atoms with Crippen LogP contribution in [0, 0.1) is 0 Å². The zero-order valence-electron chi connectivity index (χ0n) is 11.4. The highest BCUT2D eigenvalue weighted by Gasteiger charge is 2.21. The Hall–Kier alpha value is -1.14. The molecule has 1 aromatic heterocycles. The van der Waals surface area contributed by atoms with Gasteiger partial charge < -0.3 is 9.64 Å². The van der Waals surface area contributed by atoms with E-state index in [0.717, 1.165) is 6.42 Å². The van der Waals surface area contributed by atoms with Gasteiger partial charge in [-0.3, -0.25) is 9.59 Å². The largest absolute Gasteiger partial charge is 0.465 e. The topological polar surface area (TPSA) is 59.5 Å². The van der Waals surface area contributed by atoms with E-state index in [-0.39, 0.29) is 29.8 Å². The van der Waals surface area contributed by atoms with Crippen molar-refractivity contribution in [2.45, 2.75) is 20.3 Å². The Labute approximate surface area is 131 Å². The molecule has 0 bridgehead atoms. The molecule has 0 radical (unpaired) electrons. The number of rotatable bonds is 6. The number of amides is 1. The first-order valence-corrected chi connectivity index (χ1v) is 7.42. The second-order valence-electron chi connectivity index (χ2n) is 4.02. The van der Waals surface area contributed by atoms with Gasteiger partial charge in [-0.2, -0.15) is 0 Å². The van der Waals surface area contributed by atoms with Gasteiger partial charge in [0.15, 0.2) is 0 Å². The van der Waals surface area contributed by atoms with E-state index in [0.29, 0.717) is 11.0 Å². The molecule has 0 aromatic carbocycles. The number of halogens is 2. The van der Waals surface area contributed by atoms with Crippen LogP contribution in [-0.2, 0) is 9.53 Å². The second kappa shape index (κ2) is 8.21. The predicted molar refractivity (Wildman–Crippen MR) is 79.8 cm³/mol. The summed E-state index contributed by atoms with van der Waals surface area (Å²) < 4.78 is 5.52. The Morgan fingerprint density at radius 1 is 1.45 bits per heavy atom. The molecule has 1 aromatic rings. The Morgan fingerprint density at radius 2 is 2.15 bits per heavy atom. The molecule has 5 nitrogen and oxygen atoms in total. The molecule has 0 saturated carbocycles. The molecule has 0 aliphatic rings. The molecule has 20 heavy (non-hydrogen) atoms. The van der Waals surface area contributed by atoms with E-state index in [4.69, 9.17) is 16.3 Å². The third-order valence-electron chi connectivity index (χ3n) is 2.44. The number of esters is 1. The fraction of sp³-hybridized carbons (Fsp3) is 0.462. The molecule has 0 atom stereocenters. The van der Waals surface area contributed by atoms with Crippen LogP contribution in [0.4, 0.5) is 0 Å². The summed E-state index contributed by atoms with van der Waals surface area (Å²) in [6.07, 6.45) is 2.23. The lowest BCUT2D eigenvalue weighted by molar-refractivity contribution is -0.143. The lowest BCUT2D eigenvalue weighted by atomic mass is 10.2. The standard InChI is InChI=1S/C13H16BrClN2O3/c1-3-5-17(8-11(18)20-4-2)13(19)10-6-9(14)7-16-12(10)15/h6-7H,3-5,8H2,1-2H3. The van der Waals surface area contributed by atoms with Crippen molar-refractivity contribution in [3.8, 4) is 0 Å². The zero-order chi connectivity index (χ0) is 15.1. The maximum atomic E-state index is 12.4. The Balaban J connectivity index is 2.93. The summed E-state index contributed by atoms with van der Waals surface area (Å²) in [6.45, 7) is 4.28. The first-order valence-electron chi connectivity index (χ1n) is 6.25. The number of aromatic nitrogens is 1. The van der Waals surface area contributed by atoms with Crippen molar-refractivity contribution >= 4 is 39.4 Å². The molecule has 0 saturated heterocycles. The molecule has 7 heteroatoms. The van der Waals surface area contributed by atoms with Gasteiger partial charge in [0, 0.05) is 17.2 Å². The van der Waals surface area contributed by atoms with Gasteiger partial charge in [0.25, 0.3) is 5.91 Å². The number of carbonyl (C=O) groups excluding carboxylic acids is 2. The van der Waals surface area contributed by atoms with E-state index in [1.807, 2.05) is 6.92 Å². The van der Waals surface area contributed by atoms with Crippen molar-refractivity contribution in [1.82, 2.24) is 9.88 Å². The number of hydrogen-bond acceptors (Lipinski definition) is 4. The Morgan fingerprint density at radius 3 is 2.75 bits per heavy atom. The minimum absolute atomic E-state index is 0.0939. The molecular weight excluding hydrogens is 348 g/mol. The highest BCUT2D eigenvalue weighted by atomic mass is 79.9. The summed E-state index contributed by atoms with van der Waals surface area (Å²) in [5, 5.41) is 0.114. The molecule has 1 rings (SSSR count). The fourth-order valence-electron chi connectivity index (χ4n) is 1.63. The van der Waals surface area contributed by atoms with Crippen LogP contribution in [0.25, 0.3) is 0 Å². The van der Waals surface area contributed by atoms with Crippen LogP contribution in [0.15, 0.2) is 16.7 Å². The van der Waals surface area contributed by atoms with Gasteiger partial charge in [0.2, 0.25) is 0 Å². The molecule has 0 aliphatic heterocycles. The van der Waals surface area contributed by atoms with Gasteiger partial charge in [-0.1, -0.05) is 18.5 Å². The lowest BCUT2D eigenvalue weighted by Gasteiger charge is -2.21. The first-order chi connectivity index (χ1) is 9.49. The third-order valence-corrected chi connectivity index (χ3v) is 3.18. The maximum Gasteiger partial charge on any atom is 0.325 e. The van der Waals surface area contributed by atoms with Gasteiger partial charge in [-0.25, -0.2) is 4.98 Å². The van der Waals surface area contributed by atoms with Crippen LogP contribution in [0.2, 0.25) is 5.15 Å². The van der Waals surface area contributed by atoms with Crippen molar-refractivity contribution in [2.75, 3.05) is 19.7 Å². The Kier molecular flexibility index (Phi) is 6.95. The quantitative estimate of drug-likeness (QED) is 0.576. The van der Waals surface area contributed by atoms with Gasteiger partial charge in [0.1, 0.15) is 11.7 Å². The average molecular weight is 364 g/mol. The summed E-state index contributed by atoms with van der Waals surface area (Å²) in [7, 11) is 0. The van der Waals surface area contributed by atoms with E-state index in [2.05, 4.69) is 20.9 Å². The molecule has 1 amide bonds. The van der Waals surface area contributed by atoms with Crippen LogP contribution in [0.5, 0.6) is 0 Å². The summed E-state index contributed by atoms with van der Waals surface area (Å²) in [4.78, 5) is 29.3. The normalized spacial score (nSPS) is 10.2. The van der Waals surface area contributed by atoms with E-state index >= 15 is 0 Å². The van der Waals surface area contributed by atoms with Crippen LogP contribution in [0.3, 0.4) is 0 Å². The van der Waals surface area contributed by atoms with Gasteiger partial charge in [0.05, 0.1) is 12.2 Å². The van der Waals surface area contributed by atoms with Crippen LogP contribution < -0.4 is 0 Å². The number of pyridine rings is 1. The van der Waals surface area contributed by atoms with E-state index in [1.165, 1.54) is 11.1 Å².